The molecule has 2 aromatic carbocycles. The predicted molar refractivity (Wildman–Crippen MR) is 147 cm³/mol. The minimum atomic E-state index is -0.755. The summed E-state index contributed by atoms with van der Waals surface area (Å²) in [7, 11) is 4.63. The van der Waals surface area contributed by atoms with Crippen molar-refractivity contribution in [3.05, 3.63) is 41.5 Å². The van der Waals surface area contributed by atoms with Crippen LogP contribution >= 0.6 is 0 Å². The maximum Gasteiger partial charge on any atom is 0.246 e. The Balaban J connectivity index is 1.26. The number of amides is 1. The fourth-order valence-electron chi connectivity index (χ4n) is 4.66. The van der Waals surface area contributed by atoms with E-state index in [1.54, 1.807) is 49.5 Å². The monoisotopic (exact) mass is 556 g/mol. The van der Waals surface area contributed by atoms with Gasteiger partial charge in [0.1, 0.15) is 25.9 Å². The molecule has 2 aliphatic heterocycles. The van der Waals surface area contributed by atoms with Crippen LogP contribution in [0.4, 0.5) is 0 Å². The van der Waals surface area contributed by atoms with Crippen LogP contribution in [0.5, 0.6) is 34.5 Å². The first kappa shape index (κ1) is 29.0. The van der Waals surface area contributed by atoms with E-state index < -0.39 is 6.10 Å². The first-order valence-corrected chi connectivity index (χ1v) is 13.1. The summed E-state index contributed by atoms with van der Waals surface area (Å²) in [6.45, 7) is 4.95. The van der Waals surface area contributed by atoms with Crippen LogP contribution in [0.3, 0.4) is 0 Å². The Kier molecular flexibility index (Phi) is 9.73. The summed E-state index contributed by atoms with van der Waals surface area (Å²) in [4.78, 5) is 28.5. The maximum atomic E-state index is 12.8. The van der Waals surface area contributed by atoms with Crippen LogP contribution in [0.2, 0.25) is 0 Å². The molecular formula is C29H36N2O9. The molecule has 11 nitrogen and oxygen atoms in total. The number of piperazine rings is 1. The van der Waals surface area contributed by atoms with Gasteiger partial charge in [0.05, 0.1) is 26.9 Å². The van der Waals surface area contributed by atoms with E-state index >= 15 is 0 Å². The number of aliphatic hydroxyl groups excluding tert-OH is 1. The van der Waals surface area contributed by atoms with Gasteiger partial charge in [0, 0.05) is 38.8 Å². The third kappa shape index (κ3) is 6.78. The molecule has 0 saturated carbocycles. The number of rotatable bonds is 11. The van der Waals surface area contributed by atoms with E-state index in [2.05, 4.69) is 4.90 Å². The molecule has 216 valence electrons. The quantitative estimate of drug-likeness (QED) is 0.326. The van der Waals surface area contributed by atoms with Gasteiger partial charge < -0.3 is 38.4 Å². The Labute approximate surface area is 233 Å². The van der Waals surface area contributed by atoms with Gasteiger partial charge in [0.2, 0.25) is 17.4 Å². The number of ketones is 1. The molecule has 0 aliphatic carbocycles. The third-order valence-corrected chi connectivity index (χ3v) is 6.72. The van der Waals surface area contributed by atoms with Crippen molar-refractivity contribution in [2.45, 2.75) is 13.0 Å². The van der Waals surface area contributed by atoms with E-state index in [1.807, 2.05) is 0 Å². The van der Waals surface area contributed by atoms with Gasteiger partial charge in [-0.1, -0.05) is 0 Å². The summed E-state index contributed by atoms with van der Waals surface area (Å²) in [5.74, 6) is 2.49. The highest BCUT2D eigenvalue weighted by molar-refractivity contribution is 5.98. The second kappa shape index (κ2) is 13.4. The number of methoxy groups -OCH3 is 3. The molecule has 0 aromatic heterocycles. The average Bonchev–Trinajstić information content (AvgIpc) is 2.98. The Morgan fingerprint density at radius 3 is 2.20 bits per heavy atom. The number of ether oxygens (including phenoxy) is 6. The van der Waals surface area contributed by atoms with Crippen molar-refractivity contribution in [1.82, 2.24) is 9.80 Å². The normalized spacial score (nSPS) is 16.0. The summed E-state index contributed by atoms with van der Waals surface area (Å²) >= 11 is 0. The van der Waals surface area contributed by atoms with E-state index in [0.29, 0.717) is 86.0 Å². The number of benzene rings is 2. The van der Waals surface area contributed by atoms with E-state index in [0.717, 1.165) is 5.56 Å². The lowest BCUT2D eigenvalue weighted by Crippen LogP contribution is -2.50. The van der Waals surface area contributed by atoms with Gasteiger partial charge in [-0.25, -0.2) is 0 Å². The van der Waals surface area contributed by atoms with Crippen molar-refractivity contribution in [3.8, 4) is 34.5 Å². The van der Waals surface area contributed by atoms with Crippen molar-refractivity contribution in [3.63, 3.8) is 0 Å². The van der Waals surface area contributed by atoms with Crippen molar-refractivity contribution in [1.29, 1.82) is 0 Å². The lowest BCUT2D eigenvalue weighted by Gasteiger charge is -2.35. The van der Waals surface area contributed by atoms with Gasteiger partial charge in [-0.05, 0) is 42.8 Å². The second-order valence-corrected chi connectivity index (χ2v) is 9.41. The molecule has 11 heteroatoms. The van der Waals surface area contributed by atoms with Crippen LogP contribution in [0.1, 0.15) is 22.8 Å². The molecule has 40 heavy (non-hydrogen) atoms. The number of Topliss-reactive ketones (excluding diaryl/α,β-unsaturated/α-hetero) is 1. The number of hydrogen-bond donors (Lipinski definition) is 1. The van der Waals surface area contributed by atoms with E-state index in [9.17, 15) is 14.7 Å². The molecule has 1 saturated heterocycles. The minimum absolute atomic E-state index is 0.0475. The van der Waals surface area contributed by atoms with Gasteiger partial charge in [-0.2, -0.15) is 0 Å². The molecular weight excluding hydrogens is 520 g/mol. The smallest absolute Gasteiger partial charge is 0.246 e. The number of β-amino-alcohol motifs (C(OH)–C–C–N with tert-alkyl or cyclic N) is 1. The zero-order chi connectivity index (χ0) is 28.6. The fourth-order valence-corrected chi connectivity index (χ4v) is 4.66. The molecule has 0 unspecified atom stereocenters. The lowest BCUT2D eigenvalue weighted by atomic mass is 10.1. The summed E-state index contributed by atoms with van der Waals surface area (Å²) in [6.07, 6.45) is 2.49. The highest BCUT2D eigenvalue weighted by Crippen LogP contribution is 2.42. The van der Waals surface area contributed by atoms with Crippen LogP contribution in [-0.2, 0) is 4.79 Å². The van der Waals surface area contributed by atoms with E-state index in [-0.39, 0.29) is 18.3 Å². The zero-order valence-electron chi connectivity index (χ0n) is 23.3. The Hall–Kier alpha value is -3.96. The van der Waals surface area contributed by atoms with Gasteiger partial charge >= 0.3 is 0 Å². The van der Waals surface area contributed by atoms with Crippen molar-refractivity contribution >= 4 is 17.8 Å². The minimum Gasteiger partial charge on any atom is -0.493 e. The number of carbonyl (C=O) groups is 2. The molecule has 2 aromatic rings. The first-order valence-electron chi connectivity index (χ1n) is 13.1. The molecule has 0 spiro atoms. The standard InChI is InChI=1S/C29H36N2O9/c1-19(32)22-6-7-23(29-27(22)38-13-14-39-29)40-18-21(33)17-30-9-11-31(12-10-30)26(34)8-5-20-15-24(35-2)28(37-4)25(16-20)36-3/h5-8,15-16,21,33H,9-14,17-18H2,1-4H3/b8-5-/t21-/m0/s1. The molecule has 1 N–H and O–H groups in total. The molecule has 2 aliphatic rings. The number of nitrogens with zero attached hydrogens (tertiary/aromatic N) is 2. The van der Waals surface area contributed by atoms with Crippen LogP contribution < -0.4 is 28.4 Å². The number of fused-ring (bicyclic) bond motifs is 1. The highest BCUT2D eigenvalue weighted by atomic mass is 16.6. The first-order chi connectivity index (χ1) is 19.3. The average molecular weight is 557 g/mol. The number of aliphatic hydroxyl groups is 1. The second-order valence-electron chi connectivity index (χ2n) is 9.41. The Morgan fingerprint density at radius 2 is 1.60 bits per heavy atom. The summed E-state index contributed by atoms with van der Waals surface area (Å²) in [6, 6.07) is 6.86. The molecule has 2 heterocycles. The zero-order valence-corrected chi connectivity index (χ0v) is 23.3. The van der Waals surface area contributed by atoms with Gasteiger partial charge in [0.25, 0.3) is 0 Å². The van der Waals surface area contributed by atoms with Crippen molar-refractivity contribution in [2.24, 2.45) is 0 Å². The molecule has 1 fully saturated rings. The lowest BCUT2D eigenvalue weighted by molar-refractivity contribution is -0.127. The molecule has 0 radical (unpaired) electrons. The van der Waals surface area contributed by atoms with Gasteiger partial charge in [0.15, 0.2) is 28.8 Å². The van der Waals surface area contributed by atoms with Crippen LogP contribution in [0.25, 0.3) is 6.08 Å². The van der Waals surface area contributed by atoms with Gasteiger partial charge in [-0.15, -0.1) is 0 Å². The highest BCUT2D eigenvalue weighted by Gasteiger charge is 2.25. The van der Waals surface area contributed by atoms with E-state index in [4.69, 9.17) is 28.4 Å². The van der Waals surface area contributed by atoms with Crippen LogP contribution in [-0.4, -0.2) is 107 Å². The predicted octanol–water partition coefficient (Wildman–Crippen LogP) is 2.28. The summed E-state index contributed by atoms with van der Waals surface area (Å²) in [5.41, 5.74) is 1.19. The fraction of sp³-hybridized carbons (Fsp3) is 0.448. The molecule has 1 atom stereocenters. The third-order valence-electron chi connectivity index (χ3n) is 6.72. The Bertz CT molecular complexity index is 1210. The largest absolute Gasteiger partial charge is 0.493 e. The van der Waals surface area contributed by atoms with Crippen LogP contribution in [0, 0.1) is 0 Å². The van der Waals surface area contributed by atoms with Gasteiger partial charge in [-0.3, -0.25) is 14.5 Å². The number of carbonyl (C=O) groups excluding carboxylic acids is 2. The van der Waals surface area contributed by atoms with Crippen molar-refractivity contribution in [2.75, 3.05) is 73.9 Å². The van der Waals surface area contributed by atoms with Crippen molar-refractivity contribution < 1.29 is 43.1 Å². The molecule has 1 amide bonds. The molecule has 0 bridgehead atoms. The molecule has 4 rings (SSSR count). The van der Waals surface area contributed by atoms with Crippen LogP contribution in [0.15, 0.2) is 30.3 Å². The van der Waals surface area contributed by atoms with E-state index in [1.165, 1.54) is 20.1 Å². The maximum absolute atomic E-state index is 12.8. The number of hydrogen-bond acceptors (Lipinski definition) is 10. The SMILES string of the molecule is COc1cc(/C=C\C(=O)N2CCN(C[C@H](O)COc3ccc(C(C)=O)c4c3OCCO4)CC2)cc(OC)c1OC. The summed E-state index contributed by atoms with van der Waals surface area (Å²) in [5, 5.41) is 10.6. The Morgan fingerprint density at radius 1 is 0.950 bits per heavy atom. The topological polar surface area (TPSA) is 116 Å². The summed E-state index contributed by atoms with van der Waals surface area (Å²) < 4.78 is 33.2.